The molecule has 0 aliphatic carbocycles. The van der Waals surface area contributed by atoms with Crippen molar-refractivity contribution in [2.24, 2.45) is 0 Å². The topological polar surface area (TPSA) is 138 Å². The minimum absolute atomic E-state index is 0.117. The number of hydrogen-bond acceptors (Lipinski definition) is 9. The Morgan fingerprint density at radius 1 is 1.23 bits per heavy atom. The van der Waals surface area contributed by atoms with E-state index in [0.29, 0.717) is 35.6 Å². The number of aromatic nitrogens is 4. The summed E-state index contributed by atoms with van der Waals surface area (Å²) < 4.78 is 10.3. The molecule has 4 heterocycles. The van der Waals surface area contributed by atoms with Crippen molar-refractivity contribution >= 4 is 17.7 Å². The van der Waals surface area contributed by atoms with Gasteiger partial charge in [-0.2, -0.15) is 10.1 Å². The number of rotatable bonds is 7. The van der Waals surface area contributed by atoms with E-state index in [-0.39, 0.29) is 30.8 Å². The third kappa shape index (κ3) is 4.88. The lowest BCUT2D eigenvalue weighted by molar-refractivity contribution is 0.0214. The Balaban J connectivity index is 1.40. The fraction of sp³-hybridized carbons (Fsp3) is 0.600. The molecule has 2 aromatic heterocycles. The van der Waals surface area contributed by atoms with Crippen LogP contribution in [0.2, 0.25) is 0 Å². The summed E-state index contributed by atoms with van der Waals surface area (Å²) in [6.07, 6.45) is 4.72. The summed E-state index contributed by atoms with van der Waals surface area (Å²) in [5.41, 5.74) is 0.606. The third-order valence-corrected chi connectivity index (χ3v) is 5.92. The van der Waals surface area contributed by atoms with Crippen molar-refractivity contribution in [1.29, 1.82) is 0 Å². The summed E-state index contributed by atoms with van der Waals surface area (Å²) in [5.74, 6) is 2.15. The Kier molecular flexibility index (Phi) is 6.52. The van der Waals surface area contributed by atoms with Crippen molar-refractivity contribution in [3.8, 4) is 5.88 Å². The minimum atomic E-state index is -0.220. The fourth-order valence-electron chi connectivity index (χ4n) is 4.55. The van der Waals surface area contributed by atoms with Crippen LogP contribution in [-0.4, -0.2) is 68.6 Å². The summed E-state index contributed by atoms with van der Waals surface area (Å²) in [6.45, 7) is 0.365. The van der Waals surface area contributed by atoms with Gasteiger partial charge < -0.3 is 30.1 Å². The lowest BCUT2D eigenvalue weighted by atomic mass is 9.82. The number of carbonyl (C=O) groups excluding carboxylic acids is 1. The van der Waals surface area contributed by atoms with E-state index in [1.165, 1.54) is 7.11 Å². The molecule has 11 nitrogen and oxygen atoms in total. The third-order valence-electron chi connectivity index (χ3n) is 5.92. The number of fused-ring (bicyclic) bond motifs is 2. The zero-order valence-electron chi connectivity index (χ0n) is 17.8. The van der Waals surface area contributed by atoms with Gasteiger partial charge in [0.05, 0.1) is 33.1 Å². The van der Waals surface area contributed by atoms with Gasteiger partial charge in [0.1, 0.15) is 11.6 Å². The molecule has 2 fully saturated rings. The van der Waals surface area contributed by atoms with Crippen LogP contribution in [0.15, 0.2) is 12.1 Å². The van der Waals surface area contributed by atoms with Gasteiger partial charge >= 0.3 is 6.09 Å². The molecule has 2 aromatic rings. The van der Waals surface area contributed by atoms with Crippen molar-refractivity contribution in [3.63, 3.8) is 0 Å². The number of anilines is 2. The molecule has 2 aliphatic rings. The number of nitrogens with zero attached hydrogens (tertiary/aromatic N) is 4. The van der Waals surface area contributed by atoms with Crippen LogP contribution in [0.5, 0.6) is 5.88 Å². The molecule has 11 heteroatoms. The highest BCUT2D eigenvalue weighted by molar-refractivity contribution is 5.68. The van der Waals surface area contributed by atoms with Gasteiger partial charge in [-0.15, -0.1) is 0 Å². The number of aromatic amines is 1. The molecular weight excluding hydrogens is 402 g/mol. The zero-order valence-corrected chi connectivity index (χ0v) is 17.8. The fourth-order valence-corrected chi connectivity index (χ4v) is 4.55. The maximum Gasteiger partial charge on any atom is 0.409 e. The highest BCUT2D eigenvalue weighted by Crippen LogP contribution is 2.34. The van der Waals surface area contributed by atoms with Gasteiger partial charge in [0, 0.05) is 30.3 Å². The van der Waals surface area contributed by atoms with Crippen LogP contribution >= 0.6 is 0 Å². The van der Waals surface area contributed by atoms with Gasteiger partial charge in [-0.1, -0.05) is 0 Å². The van der Waals surface area contributed by atoms with Gasteiger partial charge in [-0.25, -0.2) is 9.78 Å². The maximum absolute atomic E-state index is 12.2. The second-order valence-corrected chi connectivity index (χ2v) is 7.94. The molecule has 0 spiro atoms. The van der Waals surface area contributed by atoms with Gasteiger partial charge in [0.15, 0.2) is 5.82 Å². The van der Waals surface area contributed by atoms with E-state index >= 15 is 0 Å². The van der Waals surface area contributed by atoms with E-state index in [4.69, 9.17) is 9.47 Å². The van der Waals surface area contributed by atoms with Crippen LogP contribution in [0.4, 0.5) is 16.4 Å². The smallest absolute Gasteiger partial charge is 0.409 e. The number of H-pyrrole nitrogens is 1. The first-order valence-electron chi connectivity index (χ1n) is 10.5. The molecular formula is C20H29N7O4. The lowest BCUT2D eigenvalue weighted by Gasteiger charge is -2.48. The summed E-state index contributed by atoms with van der Waals surface area (Å²) in [4.78, 5) is 23.1. The predicted molar refractivity (Wildman–Crippen MR) is 112 cm³/mol. The summed E-state index contributed by atoms with van der Waals surface area (Å²) in [7, 11) is 3.01. The molecule has 168 valence electrons. The Labute approximate surface area is 180 Å². The molecule has 2 aliphatic heterocycles. The quantitative estimate of drug-likeness (QED) is 0.516. The zero-order chi connectivity index (χ0) is 21.8. The van der Waals surface area contributed by atoms with Crippen LogP contribution in [0.3, 0.4) is 0 Å². The number of aliphatic hydroxyl groups excluding tert-OH is 1. The Hall–Kier alpha value is -2.92. The first-order valence-corrected chi connectivity index (χ1v) is 10.5. The highest BCUT2D eigenvalue weighted by Gasteiger charge is 2.41. The average molecular weight is 431 g/mol. The van der Waals surface area contributed by atoms with Gasteiger partial charge in [0.25, 0.3) is 0 Å². The summed E-state index contributed by atoms with van der Waals surface area (Å²) in [6, 6.07) is 4.10. The normalized spacial score (nSPS) is 22.8. The van der Waals surface area contributed by atoms with E-state index in [1.807, 2.05) is 4.90 Å². The van der Waals surface area contributed by atoms with E-state index in [9.17, 15) is 9.90 Å². The first-order chi connectivity index (χ1) is 15.1. The maximum atomic E-state index is 12.2. The molecule has 4 N–H and O–H groups in total. The van der Waals surface area contributed by atoms with Crippen LogP contribution in [0, 0.1) is 0 Å². The number of piperidine rings is 2. The monoisotopic (exact) mass is 431 g/mol. The van der Waals surface area contributed by atoms with E-state index in [2.05, 4.69) is 30.8 Å². The molecule has 0 aromatic carbocycles. The number of aliphatic hydroxyl groups is 1. The van der Waals surface area contributed by atoms with Crippen LogP contribution in [0.1, 0.15) is 43.6 Å². The molecule has 2 bridgehead atoms. The summed E-state index contributed by atoms with van der Waals surface area (Å²) >= 11 is 0. The number of amides is 1. The molecule has 31 heavy (non-hydrogen) atoms. The van der Waals surface area contributed by atoms with Crippen LogP contribution in [0.25, 0.3) is 0 Å². The molecule has 2 atom stereocenters. The highest BCUT2D eigenvalue weighted by atomic mass is 16.5. The number of ether oxygens (including phenoxy) is 2. The van der Waals surface area contributed by atoms with Crippen molar-refractivity contribution in [2.45, 2.75) is 63.4 Å². The standard InChI is InChI=1S/C20H29N7O4/c1-30-19-9-16(22-17-8-13(11-28)25-26-17)23-18(24-19)10-21-12-6-14-4-3-5-15(7-12)27(14)20(29)31-2/h8-9,12,14-15,21,28H,3-7,10-11H2,1-2H3,(H2,22,23,24,25,26). The van der Waals surface area contributed by atoms with E-state index < -0.39 is 0 Å². The molecule has 4 rings (SSSR count). The SMILES string of the molecule is COC(=O)N1C2CCCC1CC(NCc1nc(Nc3cc(CO)[nH]n3)cc(OC)n1)C2. The summed E-state index contributed by atoms with van der Waals surface area (Å²) in [5, 5.41) is 22.7. The first kappa shape index (κ1) is 21.3. The van der Waals surface area contributed by atoms with Crippen LogP contribution in [-0.2, 0) is 17.9 Å². The average Bonchev–Trinajstić information content (AvgIpc) is 3.23. The number of hydrogen-bond donors (Lipinski definition) is 4. The Morgan fingerprint density at radius 3 is 2.65 bits per heavy atom. The van der Waals surface area contributed by atoms with Crippen molar-refractivity contribution in [2.75, 3.05) is 19.5 Å². The Morgan fingerprint density at radius 2 is 2.00 bits per heavy atom. The molecule has 0 radical (unpaired) electrons. The Bertz CT molecular complexity index is 891. The predicted octanol–water partition coefficient (Wildman–Crippen LogP) is 1.69. The largest absolute Gasteiger partial charge is 0.481 e. The molecule has 0 saturated carbocycles. The number of nitrogens with one attached hydrogen (secondary N) is 3. The lowest BCUT2D eigenvalue weighted by Crippen LogP contribution is -2.58. The molecule has 2 saturated heterocycles. The van der Waals surface area contributed by atoms with Gasteiger partial charge in [-0.05, 0) is 32.1 Å². The minimum Gasteiger partial charge on any atom is -0.481 e. The number of methoxy groups -OCH3 is 2. The van der Waals surface area contributed by atoms with Crippen LogP contribution < -0.4 is 15.4 Å². The second kappa shape index (κ2) is 9.48. The van der Waals surface area contributed by atoms with Gasteiger partial charge in [-0.3, -0.25) is 5.10 Å². The van der Waals surface area contributed by atoms with Crippen molar-refractivity contribution in [3.05, 3.63) is 23.7 Å². The van der Waals surface area contributed by atoms with Crippen molar-refractivity contribution < 1.29 is 19.4 Å². The van der Waals surface area contributed by atoms with Crippen molar-refractivity contribution in [1.82, 2.24) is 30.4 Å². The van der Waals surface area contributed by atoms with Gasteiger partial charge in [0.2, 0.25) is 5.88 Å². The van der Waals surface area contributed by atoms with E-state index in [1.54, 1.807) is 19.2 Å². The molecule has 2 unspecified atom stereocenters. The second-order valence-electron chi connectivity index (χ2n) is 7.94. The van der Waals surface area contributed by atoms with E-state index in [0.717, 1.165) is 32.1 Å². The molecule has 1 amide bonds. The number of carbonyl (C=O) groups is 1.